The van der Waals surface area contributed by atoms with E-state index in [1.54, 1.807) is 44.4 Å². The third-order valence-corrected chi connectivity index (χ3v) is 4.52. The van der Waals surface area contributed by atoms with Crippen LogP contribution in [0.5, 0.6) is 17.2 Å². The van der Waals surface area contributed by atoms with Gasteiger partial charge < -0.3 is 18.6 Å². The van der Waals surface area contributed by atoms with E-state index in [9.17, 15) is 9.59 Å². The number of ether oxygens (including phenoxy) is 3. The number of carbonyl (C=O) groups is 1. The molecule has 0 amide bonds. The van der Waals surface area contributed by atoms with Crippen molar-refractivity contribution < 1.29 is 23.4 Å². The Hall–Kier alpha value is -3.28. The number of hydrogen-bond acceptors (Lipinski definition) is 6. The van der Waals surface area contributed by atoms with Gasteiger partial charge in [0.05, 0.1) is 19.6 Å². The summed E-state index contributed by atoms with van der Waals surface area (Å²) in [5.41, 5.74) is 1.64. The van der Waals surface area contributed by atoms with Crippen LogP contribution < -0.4 is 19.6 Å². The van der Waals surface area contributed by atoms with Crippen LogP contribution in [0.1, 0.15) is 19.4 Å². The number of aryl methyl sites for hydroxylation is 1. The van der Waals surface area contributed by atoms with Crippen LogP contribution in [0, 0.1) is 6.92 Å². The number of rotatable bonds is 6. The first-order chi connectivity index (χ1) is 13.3. The van der Waals surface area contributed by atoms with E-state index in [4.69, 9.17) is 18.6 Å². The summed E-state index contributed by atoms with van der Waals surface area (Å²) < 4.78 is 22.4. The Morgan fingerprint density at radius 2 is 1.75 bits per heavy atom. The zero-order valence-corrected chi connectivity index (χ0v) is 16.5. The Balaban J connectivity index is 2.30. The molecule has 3 rings (SSSR count). The smallest absolute Gasteiger partial charge is 0.235 e. The lowest BCUT2D eigenvalue weighted by Crippen LogP contribution is -2.24. The first kappa shape index (κ1) is 19.5. The van der Waals surface area contributed by atoms with Gasteiger partial charge in [-0.1, -0.05) is 6.07 Å². The average molecular weight is 382 g/mol. The Bertz CT molecular complexity index is 1100. The summed E-state index contributed by atoms with van der Waals surface area (Å²) in [5.74, 6) is 1.06. The molecule has 1 heterocycles. The van der Waals surface area contributed by atoms with E-state index < -0.39 is 6.10 Å². The molecule has 28 heavy (non-hydrogen) atoms. The molecule has 3 aromatic rings. The second-order valence-electron chi connectivity index (χ2n) is 6.53. The zero-order valence-electron chi connectivity index (χ0n) is 16.5. The normalized spacial score (nSPS) is 11.9. The molecule has 0 radical (unpaired) electrons. The molecule has 1 aromatic heterocycles. The Morgan fingerprint density at radius 1 is 1.04 bits per heavy atom. The predicted molar refractivity (Wildman–Crippen MR) is 107 cm³/mol. The fourth-order valence-electron chi connectivity index (χ4n) is 2.82. The molecule has 2 aromatic carbocycles. The third kappa shape index (κ3) is 3.58. The lowest BCUT2D eigenvalue weighted by Gasteiger charge is -2.16. The van der Waals surface area contributed by atoms with Crippen molar-refractivity contribution in [2.75, 3.05) is 14.2 Å². The number of Topliss-reactive ketones (excluding diaryl/α,β-unsaturated/α-hetero) is 1. The molecule has 0 unspecified atom stereocenters. The lowest BCUT2D eigenvalue weighted by atomic mass is 10.1. The van der Waals surface area contributed by atoms with Crippen LogP contribution in [0.3, 0.4) is 0 Å². The van der Waals surface area contributed by atoms with E-state index in [-0.39, 0.29) is 22.7 Å². The summed E-state index contributed by atoms with van der Waals surface area (Å²) in [5, 5.41) is 0.389. The highest BCUT2D eigenvalue weighted by molar-refractivity contribution is 5.84. The maximum atomic E-state index is 13.1. The van der Waals surface area contributed by atoms with Crippen molar-refractivity contribution in [2.24, 2.45) is 0 Å². The maximum absolute atomic E-state index is 13.1. The second-order valence-corrected chi connectivity index (χ2v) is 6.53. The lowest BCUT2D eigenvalue weighted by molar-refractivity contribution is -0.122. The van der Waals surface area contributed by atoms with Crippen LogP contribution >= 0.6 is 0 Å². The van der Waals surface area contributed by atoms with E-state index >= 15 is 0 Å². The van der Waals surface area contributed by atoms with Gasteiger partial charge in [0.1, 0.15) is 5.58 Å². The molecule has 0 aliphatic carbocycles. The monoisotopic (exact) mass is 382 g/mol. The summed E-state index contributed by atoms with van der Waals surface area (Å²) >= 11 is 0. The van der Waals surface area contributed by atoms with Gasteiger partial charge in [0.15, 0.2) is 29.1 Å². The standard InChI is InChI=1S/C22H22O6/c1-12-6-8-16-18(10-12)28-21(22(20(16)24)27-14(3)13(2)23)15-7-9-17(25-4)19(11-15)26-5/h6-11,14H,1-5H3/t14-/m1/s1. The minimum Gasteiger partial charge on any atom is -0.493 e. The van der Waals surface area contributed by atoms with Crippen molar-refractivity contribution >= 4 is 16.8 Å². The van der Waals surface area contributed by atoms with Crippen LogP contribution in [0.25, 0.3) is 22.3 Å². The maximum Gasteiger partial charge on any atom is 0.235 e. The van der Waals surface area contributed by atoms with E-state index in [0.29, 0.717) is 28.0 Å². The fraction of sp³-hybridized carbons (Fsp3) is 0.273. The van der Waals surface area contributed by atoms with Gasteiger partial charge >= 0.3 is 0 Å². The van der Waals surface area contributed by atoms with Crippen molar-refractivity contribution in [2.45, 2.75) is 26.9 Å². The van der Waals surface area contributed by atoms with E-state index in [1.165, 1.54) is 14.0 Å². The number of carbonyl (C=O) groups excluding carboxylic acids is 1. The van der Waals surface area contributed by atoms with Gasteiger partial charge in [0.2, 0.25) is 11.2 Å². The van der Waals surface area contributed by atoms with Crippen LogP contribution in [0.4, 0.5) is 0 Å². The van der Waals surface area contributed by atoms with Crippen LogP contribution in [-0.4, -0.2) is 26.1 Å². The molecule has 6 heteroatoms. The van der Waals surface area contributed by atoms with Crippen LogP contribution in [0.15, 0.2) is 45.6 Å². The van der Waals surface area contributed by atoms with E-state index in [2.05, 4.69) is 0 Å². The van der Waals surface area contributed by atoms with Gasteiger partial charge in [0, 0.05) is 5.56 Å². The predicted octanol–water partition coefficient (Wildman–Crippen LogP) is 4.14. The SMILES string of the molecule is COc1ccc(-c2oc3cc(C)ccc3c(=O)c2O[C@H](C)C(C)=O)cc1OC. The van der Waals surface area contributed by atoms with Gasteiger partial charge in [-0.05, 0) is 56.7 Å². The Labute approximate surface area is 162 Å². The van der Waals surface area contributed by atoms with Crippen molar-refractivity contribution in [1.29, 1.82) is 0 Å². The third-order valence-electron chi connectivity index (χ3n) is 4.52. The topological polar surface area (TPSA) is 75.0 Å². The molecule has 146 valence electrons. The van der Waals surface area contributed by atoms with Gasteiger partial charge in [-0.25, -0.2) is 0 Å². The molecule has 0 saturated heterocycles. The summed E-state index contributed by atoms with van der Waals surface area (Å²) in [6.07, 6.45) is -0.787. The molecular formula is C22H22O6. The summed E-state index contributed by atoms with van der Waals surface area (Å²) in [4.78, 5) is 24.8. The molecule has 0 N–H and O–H groups in total. The number of fused-ring (bicyclic) bond motifs is 1. The summed E-state index contributed by atoms with van der Waals surface area (Å²) in [6, 6.07) is 10.5. The molecule has 1 atom stereocenters. The average Bonchev–Trinajstić information content (AvgIpc) is 2.68. The van der Waals surface area contributed by atoms with Crippen LogP contribution in [0.2, 0.25) is 0 Å². The number of methoxy groups -OCH3 is 2. The van der Waals surface area contributed by atoms with Gasteiger partial charge in [-0.15, -0.1) is 0 Å². The highest BCUT2D eigenvalue weighted by Crippen LogP contribution is 2.37. The van der Waals surface area contributed by atoms with E-state index in [0.717, 1.165) is 5.56 Å². The first-order valence-corrected chi connectivity index (χ1v) is 8.82. The Morgan fingerprint density at radius 3 is 2.39 bits per heavy atom. The van der Waals surface area contributed by atoms with Crippen molar-refractivity contribution in [3.05, 3.63) is 52.2 Å². The quantitative estimate of drug-likeness (QED) is 0.638. The number of ketones is 1. The molecular weight excluding hydrogens is 360 g/mol. The number of benzene rings is 2. The number of hydrogen-bond donors (Lipinski definition) is 0. The highest BCUT2D eigenvalue weighted by Gasteiger charge is 2.22. The molecule has 0 bridgehead atoms. The summed E-state index contributed by atoms with van der Waals surface area (Å²) in [6.45, 7) is 4.92. The Kier molecular flexibility index (Phi) is 5.40. The van der Waals surface area contributed by atoms with Gasteiger partial charge in [-0.3, -0.25) is 9.59 Å². The molecule has 0 aliphatic heterocycles. The second kappa shape index (κ2) is 7.76. The molecule has 0 fully saturated rings. The van der Waals surface area contributed by atoms with Crippen LogP contribution in [-0.2, 0) is 4.79 Å². The van der Waals surface area contributed by atoms with Crippen molar-refractivity contribution in [1.82, 2.24) is 0 Å². The molecule has 0 saturated carbocycles. The van der Waals surface area contributed by atoms with E-state index in [1.807, 2.05) is 13.0 Å². The fourth-order valence-corrected chi connectivity index (χ4v) is 2.82. The first-order valence-electron chi connectivity index (χ1n) is 8.82. The largest absolute Gasteiger partial charge is 0.493 e. The minimum atomic E-state index is -0.787. The van der Waals surface area contributed by atoms with Crippen molar-refractivity contribution in [3.8, 4) is 28.6 Å². The minimum absolute atomic E-state index is 0.00808. The van der Waals surface area contributed by atoms with Crippen molar-refractivity contribution in [3.63, 3.8) is 0 Å². The van der Waals surface area contributed by atoms with Gasteiger partial charge in [0.25, 0.3) is 0 Å². The zero-order chi connectivity index (χ0) is 20.4. The molecule has 0 aliphatic rings. The summed E-state index contributed by atoms with van der Waals surface area (Å²) in [7, 11) is 3.07. The highest BCUT2D eigenvalue weighted by atomic mass is 16.5. The molecule has 0 spiro atoms. The molecule has 6 nitrogen and oxygen atoms in total. The van der Waals surface area contributed by atoms with Gasteiger partial charge in [-0.2, -0.15) is 0 Å².